The molecule has 2 aromatic rings. The number of aromatic nitrogens is 2. The summed E-state index contributed by atoms with van der Waals surface area (Å²) in [7, 11) is 2.86. The van der Waals surface area contributed by atoms with Gasteiger partial charge in [0, 0.05) is 18.3 Å². The number of rotatable bonds is 6. The first-order chi connectivity index (χ1) is 11.9. The largest absolute Gasteiger partial charge is 0.496 e. The van der Waals surface area contributed by atoms with Crippen LogP contribution in [0.4, 0.5) is 4.39 Å². The lowest BCUT2D eigenvalue weighted by molar-refractivity contribution is 0.0694. The molecule has 0 fully saturated rings. The highest BCUT2D eigenvalue weighted by atomic mass is 19.1. The minimum atomic E-state index is -1.07. The standard InChI is InChI=1S/C18H19FN2O4/c1-10(2)17-13(18(22)23)9-20-16(21-17)6-5-12-14(24-3)7-11(19)8-15(12)25-4/h5-10H,1-4H3,(H,22,23)/b6-5+. The maximum absolute atomic E-state index is 13.5. The van der Waals surface area contributed by atoms with E-state index in [1.165, 1.54) is 32.5 Å². The normalized spacial score (nSPS) is 11.1. The molecule has 1 N–H and O–H groups in total. The van der Waals surface area contributed by atoms with Crippen molar-refractivity contribution in [2.75, 3.05) is 14.2 Å². The summed E-state index contributed by atoms with van der Waals surface area (Å²) in [6.45, 7) is 3.71. The van der Waals surface area contributed by atoms with Gasteiger partial charge in [0.1, 0.15) is 17.3 Å². The third-order valence-electron chi connectivity index (χ3n) is 3.52. The molecule has 0 saturated heterocycles. The molecule has 0 spiro atoms. The molecule has 0 atom stereocenters. The Kier molecular flexibility index (Phi) is 5.69. The lowest BCUT2D eigenvalue weighted by Crippen LogP contribution is -2.08. The summed E-state index contributed by atoms with van der Waals surface area (Å²) < 4.78 is 23.9. The van der Waals surface area contributed by atoms with E-state index in [9.17, 15) is 14.3 Å². The summed E-state index contributed by atoms with van der Waals surface area (Å²) >= 11 is 0. The third kappa shape index (κ3) is 4.12. The monoisotopic (exact) mass is 346 g/mol. The average Bonchev–Trinajstić information content (AvgIpc) is 2.59. The summed E-state index contributed by atoms with van der Waals surface area (Å²) in [5.74, 6) is -0.673. The van der Waals surface area contributed by atoms with Crippen LogP contribution < -0.4 is 9.47 Å². The molecule has 7 heteroatoms. The Labute approximate surface area is 145 Å². The number of benzene rings is 1. The van der Waals surface area contributed by atoms with Crippen molar-refractivity contribution in [2.24, 2.45) is 0 Å². The van der Waals surface area contributed by atoms with E-state index in [4.69, 9.17) is 9.47 Å². The van der Waals surface area contributed by atoms with Gasteiger partial charge in [0.15, 0.2) is 5.82 Å². The fourth-order valence-corrected chi connectivity index (χ4v) is 2.32. The first kappa shape index (κ1) is 18.4. The van der Waals surface area contributed by atoms with Gasteiger partial charge in [-0.1, -0.05) is 13.8 Å². The Morgan fingerprint density at radius 1 is 1.20 bits per heavy atom. The van der Waals surface area contributed by atoms with E-state index in [1.54, 1.807) is 12.2 Å². The van der Waals surface area contributed by atoms with E-state index < -0.39 is 11.8 Å². The number of carboxylic acid groups (broad SMARTS) is 1. The topological polar surface area (TPSA) is 81.5 Å². The van der Waals surface area contributed by atoms with Crippen molar-refractivity contribution in [3.05, 3.63) is 46.8 Å². The molecule has 0 amide bonds. The van der Waals surface area contributed by atoms with Crippen molar-refractivity contribution < 1.29 is 23.8 Å². The smallest absolute Gasteiger partial charge is 0.339 e. The van der Waals surface area contributed by atoms with Gasteiger partial charge >= 0.3 is 5.97 Å². The Bertz CT molecular complexity index is 794. The van der Waals surface area contributed by atoms with E-state index in [0.717, 1.165) is 0 Å². The Hall–Kier alpha value is -2.96. The zero-order valence-electron chi connectivity index (χ0n) is 14.4. The lowest BCUT2D eigenvalue weighted by atomic mass is 10.1. The van der Waals surface area contributed by atoms with Crippen molar-refractivity contribution in [3.63, 3.8) is 0 Å². The second-order valence-electron chi connectivity index (χ2n) is 5.54. The minimum Gasteiger partial charge on any atom is -0.496 e. The van der Waals surface area contributed by atoms with Crippen molar-refractivity contribution in [1.82, 2.24) is 9.97 Å². The number of carbonyl (C=O) groups is 1. The van der Waals surface area contributed by atoms with Gasteiger partial charge in [-0.2, -0.15) is 0 Å². The Morgan fingerprint density at radius 2 is 1.80 bits per heavy atom. The fraction of sp³-hybridized carbons (Fsp3) is 0.278. The van der Waals surface area contributed by atoms with Crippen LogP contribution in [0.5, 0.6) is 11.5 Å². The second kappa shape index (κ2) is 7.74. The van der Waals surface area contributed by atoms with Crippen LogP contribution in [-0.4, -0.2) is 35.3 Å². The van der Waals surface area contributed by atoms with E-state index in [2.05, 4.69) is 9.97 Å². The molecule has 0 bridgehead atoms. The number of nitrogens with zero attached hydrogens (tertiary/aromatic N) is 2. The lowest BCUT2D eigenvalue weighted by Gasteiger charge is -2.11. The van der Waals surface area contributed by atoms with Crippen LogP contribution in [0.1, 0.15) is 47.2 Å². The molecule has 1 aromatic heterocycles. The van der Waals surface area contributed by atoms with Crippen molar-refractivity contribution >= 4 is 18.1 Å². The van der Waals surface area contributed by atoms with E-state index in [0.29, 0.717) is 28.6 Å². The van der Waals surface area contributed by atoms with Crippen LogP contribution in [0, 0.1) is 5.82 Å². The van der Waals surface area contributed by atoms with Crippen LogP contribution in [0.3, 0.4) is 0 Å². The summed E-state index contributed by atoms with van der Waals surface area (Å²) in [6, 6.07) is 2.49. The van der Waals surface area contributed by atoms with Crippen LogP contribution in [0.25, 0.3) is 12.2 Å². The first-order valence-corrected chi connectivity index (χ1v) is 7.57. The second-order valence-corrected chi connectivity index (χ2v) is 5.54. The van der Waals surface area contributed by atoms with Crippen LogP contribution in [0.2, 0.25) is 0 Å². The molecule has 0 unspecified atom stereocenters. The molecular weight excluding hydrogens is 327 g/mol. The van der Waals surface area contributed by atoms with Gasteiger partial charge in [-0.15, -0.1) is 0 Å². The number of hydrogen-bond donors (Lipinski definition) is 1. The minimum absolute atomic E-state index is 0.0730. The highest BCUT2D eigenvalue weighted by Gasteiger charge is 2.16. The van der Waals surface area contributed by atoms with Gasteiger partial charge in [-0.05, 0) is 18.1 Å². The predicted octanol–water partition coefficient (Wildman–Crippen LogP) is 3.62. The molecule has 2 rings (SSSR count). The van der Waals surface area contributed by atoms with E-state index in [-0.39, 0.29) is 11.5 Å². The molecule has 0 aliphatic heterocycles. The molecule has 0 aliphatic rings. The zero-order valence-corrected chi connectivity index (χ0v) is 14.4. The van der Waals surface area contributed by atoms with Crippen molar-refractivity contribution in [2.45, 2.75) is 19.8 Å². The van der Waals surface area contributed by atoms with Gasteiger partial charge in [-0.3, -0.25) is 0 Å². The number of hydrogen-bond acceptors (Lipinski definition) is 5. The summed E-state index contributed by atoms with van der Waals surface area (Å²) in [5.41, 5.74) is 1.05. The highest BCUT2D eigenvalue weighted by Crippen LogP contribution is 2.31. The molecule has 132 valence electrons. The first-order valence-electron chi connectivity index (χ1n) is 7.57. The maximum Gasteiger partial charge on any atom is 0.339 e. The molecular formula is C18H19FN2O4. The maximum atomic E-state index is 13.5. The number of carboxylic acids is 1. The van der Waals surface area contributed by atoms with E-state index >= 15 is 0 Å². The summed E-state index contributed by atoms with van der Waals surface area (Å²) in [4.78, 5) is 19.6. The fourth-order valence-electron chi connectivity index (χ4n) is 2.32. The molecule has 0 radical (unpaired) electrons. The van der Waals surface area contributed by atoms with Crippen LogP contribution in [-0.2, 0) is 0 Å². The number of methoxy groups -OCH3 is 2. The van der Waals surface area contributed by atoms with E-state index in [1.807, 2.05) is 13.8 Å². The van der Waals surface area contributed by atoms with Crippen molar-refractivity contribution in [1.29, 1.82) is 0 Å². The molecule has 1 aromatic carbocycles. The molecule has 0 aliphatic carbocycles. The van der Waals surface area contributed by atoms with Gasteiger partial charge in [-0.25, -0.2) is 19.2 Å². The zero-order chi connectivity index (χ0) is 18.6. The molecule has 1 heterocycles. The van der Waals surface area contributed by atoms with Gasteiger partial charge in [0.05, 0.1) is 31.0 Å². The molecule has 6 nitrogen and oxygen atoms in total. The van der Waals surface area contributed by atoms with Gasteiger partial charge in [0.25, 0.3) is 0 Å². The summed E-state index contributed by atoms with van der Waals surface area (Å²) in [6.07, 6.45) is 4.51. The predicted molar refractivity (Wildman–Crippen MR) is 91.5 cm³/mol. The number of aromatic carboxylic acids is 1. The Balaban J connectivity index is 2.46. The summed E-state index contributed by atoms with van der Waals surface area (Å²) in [5, 5.41) is 9.21. The van der Waals surface area contributed by atoms with Crippen LogP contribution in [0.15, 0.2) is 18.3 Å². The Morgan fingerprint density at radius 3 is 2.28 bits per heavy atom. The van der Waals surface area contributed by atoms with Crippen molar-refractivity contribution in [3.8, 4) is 11.5 Å². The quantitative estimate of drug-likeness (QED) is 0.860. The molecule has 25 heavy (non-hydrogen) atoms. The third-order valence-corrected chi connectivity index (χ3v) is 3.52. The molecule has 0 saturated carbocycles. The van der Waals surface area contributed by atoms with Gasteiger partial charge in [0.2, 0.25) is 0 Å². The highest BCUT2D eigenvalue weighted by molar-refractivity contribution is 5.88. The van der Waals surface area contributed by atoms with Gasteiger partial charge < -0.3 is 14.6 Å². The van der Waals surface area contributed by atoms with Crippen LogP contribution >= 0.6 is 0 Å². The number of halogens is 1. The average molecular weight is 346 g/mol. The number of ether oxygens (including phenoxy) is 2. The SMILES string of the molecule is COc1cc(F)cc(OC)c1/C=C/c1ncc(C(=O)O)c(C(C)C)n1.